The predicted octanol–water partition coefficient (Wildman–Crippen LogP) is 1.56. The highest BCUT2D eigenvalue weighted by Gasteiger charge is 2.19. The SMILES string of the molecule is NC(=O)NC(N)=O.O=C(c1ccccc1)c1ccccc1[N+](=O)[O-]. The van der Waals surface area contributed by atoms with E-state index in [1.165, 1.54) is 12.1 Å². The van der Waals surface area contributed by atoms with Crippen molar-refractivity contribution in [3.8, 4) is 0 Å². The highest BCUT2D eigenvalue weighted by molar-refractivity contribution is 6.11. The van der Waals surface area contributed by atoms with Crippen LogP contribution in [0.4, 0.5) is 15.3 Å². The van der Waals surface area contributed by atoms with Gasteiger partial charge in [-0.2, -0.15) is 0 Å². The van der Waals surface area contributed by atoms with E-state index in [1.54, 1.807) is 47.8 Å². The monoisotopic (exact) mass is 330 g/mol. The van der Waals surface area contributed by atoms with Crippen LogP contribution in [0.15, 0.2) is 54.6 Å². The minimum Gasteiger partial charge on any atom is -0.351 e. The van der Waals surface area contributed by atoms with Crippen LogP contribution in [0, 0.1) is 10.1 Å². The number of nitro benzene ring substituents is 1. The number of hydrogen-bond acceptors (Lipinski definition) is 5. The van der Waals surface area contributed by atoms with Crippen molar-refractivity contribution in [1.29, 1.82) is 0 Å². The topological polar surface area (TPSA) is 158 Å². The number of carbonyl (C=O) groups excluding carboxylic acids is 3. The molecule has 0 bridgehead atoms. The molecule has 2 aromatic carbocycles. The lowest BCUT2D eigenvalue weighted by molar-refractivity contribution is -0.385. The Morgan fingerprint density at radius 3 is 1.83 bits per heavy atom. The van der Waals surface area contributed by atoms with E-state index in [0.717, 1.165) is 0 Å². The third-order valence-corrected chi connectivity index (χ3v) is 2.63. The second-order valence-electron chi connectivity index (χ2n) is 4.32. The Labute approximate surface area is 136 Å². The normalized spacial score (nSPS) is 9.17. The van der Waals surface area contributed by atoms with Crippen molar-refractivity contribution >= 4 is 23.5 Å². The highest BCUT2D eigenvalue weighted by Crippen LogP contribution is 2.20. The zero-order valence-corrected chi connectivity index (χ0v) is 12.3. The summed E-state index contributed by atoms with van der Waals surface area (Å²) in [6.45, 7) is 0. The van der Waals surface area contributed by atoms with Crippen LogP contribution >= 0.6 is 0 Å². The van der Waals surface area contributed by atoms with E-state index in [9.17, 15) is 24.5 Å². The van der Waals surface area contributed by atoms with E-state index in [-0.39, 0.29) is 17.0 Å². The number of nitro groups is 1. The number of nitrogens with one attached hydrogen (secondary N) is 1. The second-order valence-corrected chi connectivity index (χ2v) is 4.32. The molecular weight excluding hydrogens is 316 g/mol. The maximum Gasteiger partial charge on any atom is 0.320 e. The van der Waals surface area contributed by atoms with Crippen molar-refractivity contribution in [3.63, 3.8) is 0 Å². The van der Waals surface area contributed by atoms with Crippen LogP contribution in [0.1, 0.15) is 15.9 Å². The zero-order chi connectivity index (χ0) is 18.1. The molecule has 0 atom stereocenters. The van der Waals surface area contributed by atoms with Gasteiger partial charge in [0.25, 0.3) is 5.69 Å². The standard InChI is InChI=1S/C13H9NO3.C2H5N3O2/c15-13(10-6-2-1-3-7-10)11-8-4-5-9-12(11)14(16)17;3-1(6)5-2(4)7/h1-9H;(H5,3,4,5,6,7). The molecule has 4 amide bonds. The van der Waals surface area contributed by atoms with Crippen LogP contribution < -0.4 is 16.8 Å². The van der Waals surface area contributed by atoms with E-state index in [1.807, 2.05) is 0 Å². The molecule has 0 unspecified atom stereocenters. The summed E-state index contributed by atoms with van der Waals surface area (Å²) in [5.74, 6) is -0.335. The molecular formula is C15H14N4O5. The van der Waals surface area contributed by atoms with Crippen molar-refractivity contribution in [2.75, 3.05) is 0 Å². The minimum atomic E-state index is -0.938. The van der Waals surface area contributed by atoms with Crippen molar-refractivity contribution in [1.82, 2.24) is 5.32 Å². The molecule has 0 spiro atoms. The average molecular weight is 330 g/mol. The van der Waals surface area contributed by atoms with Crippen LogP contribution in [-0.4, -0.2) is 22.8 Å². The van der Waals surface area contributed by atoms with Crippen LogP contribution in [0.25, 0.3) is 0 Å². The lowest BCUT2D eigenvalue weighted by Crippen LogP contribution is -2.38. The van der Waals surface area contributed by atoms with Crippen molar-refractivity contribution in [2.24, 2.45) is 11.5 Å². The molecule has 9 nitrogen and oxygen atoms in total. The van der Waals surface area contributed by atoms with Gasteiger partial charge in [0.05, 0.1) is 4.92 Å². The Morgan fingerprint density at radius 1 is 0.875 bits per heavy atom. The first-order valence-electron chi connectivity index (χ1n) is 6.52. The Kier molecular flexibility index (Phi) is 6.58. The minimum absolute atomic E-state index is 0.115. The molecule has 0 heterocycles. The largest absolute Gasteiger partial charge is 0.351 e. The van der Waals surface area contributed by atoms with Gasteiger partial charge in [0, 0.05) is 11.6 Å². The Balaban J connectivity index is 0.000000351. The molecule has 9 heteroatoms. The summed E-state index contributed by atoms with van der Waals surface area (Å²) in [5, 5.41) is 12.4. The smallest absolute Gasteiger partial charge is 0.320 e. The summed E-state index contributed by atoms with van der Waals surface area (Å²) in [6.07, 6.45) is 0. The third-order valence-electron chi connectivity index (χ3n) is 2.63. The van der Waals surface area contributed by atoms with Crippen LogP contribution in [0.3, 0.4) is 0 Å². The van der Waals surface area contributed by atoms with Gasteiger partial charge in [-0.15, -0.1) is 0 Å². The van der Waals surface area contributed by atoms with E-state index in [4.69, 9.17) is 0 Å². The van der Waals surface area contributed by atoms with E-state index in [0.29, 0.717) is 5.56 Å². The van der Waals surface area contributed by atoms with Crippen LogP contribution in [-0.2, 0) is 0 Å². The fourth-order valence-corrected chi connectivity index (χ4v) is 1.69. The lowest BCUT2D eigenvalue weighted by atomic mass is 10.0. The molecule has 0 aliphatic carbocycles. The molecule has 0 fully saturated rings. The summed E-state index contributed by atoms with van der Waals surface area (Å²) in [7, 11) is 0. The van der Waals surface area contributed by atoms with Gasteiger partial charge < -0.3 is 11.5 Å². The maximum absolute atomic E-state index is 12.1. The highest BCUT2D eigenvalue weighted by atomic mass is 16.6. The van der Waals surface area contributed by atoms with E-state index < -0.39 is 17.0 Å². The summed E-state index contributed by atoms with van der Waals surface area (Å²) in [6, 6.07) is 12.6. The molecule has 0 aromatic heterocycles. The number of para-hydroxylation sites is 1. The van der Waals surface area contributed by atoms with Crippen molar-refractivity contribution in [2.45, 2.75) is 0 Å². The number of ketones is 1. The molecule has 0 aliphatic rings. The van der Waals surface area contributed by atoms with Gasteiger partial charge >= 0.3 is 12.1 Å². The number of imide groups is 1. The molecule has 2 rings (SSSR count). The van der Waals surface area contributed by atoms with Crippen LogP contribution in [0.2, 0.25) is 0 Å². The van der Waals surface area contributed by atoms with Gasteiger partial charge in [0.1, 0.15) is 5.56 Å². The fraction of sp³-hybridized carbons (Fsp3) is 0. The van der Waals surface area contributed by atoms with Gasteiger partial charge in [-0.3, -0.25) is 20.2 Å². The van der Waals surface area contributed by atoms with Gasteiger partial charge in [0.15, 0.2) is 5.78 Å². The van der Waals surface area contributed by atoms with Gasteiger partial charge in [-0.25, -0.2) is 9.59 Å². The summed E-state index contributed by atoms with van der Waals surface area (Å²) in [4.78, 5) is 41.6. The first-order valence-corrected chi connectivity index (χ1v) is 6.52. The quantitative estimate of drug-likeness (QED) is 0.442. The van der Waals surface area contributed by atoms with E-state index in [2.05, 4.69) is 11.5 Å². The second kappa shape index (κ2) is 8.63. The summed E-state index contributed by atoms with van der Waals surface area (Å²) in [5.41, 5.74) is 9.28. The molecule has 5 N–H and O–H groups in total. The number of carbonyl (C=O) groups is 3. The van der Waals surface area contributed by atoms with Crippen molar-refractivity contribution < 1.29 is 19.3 Å². The van der Waals surface area contributed by atoms with Crippen LogP contribution in [0.5, 0.6) is 0 Å². The molecule has 24 heavy (non-hydrogen) atoms. The maximum atomic E-state index is 12.1. The number of urea groups is 2. The number of nitrogens with zero attached hydrogens (tertiary/aromatic N) is 1. The molecule has 0 saturated heterocycles. The number of benzene rings is 2. The Morgan fingerprint density at radius 2 is 1.38 bits per heavy atom. The predicted molar refractivity (Wildman–Crippen MR) is 85.3 cm³/mol. The molecule has 0 radical (unpaired) electrons. The van der Waals surface area contributed by atoms with Crippen molar-refractivity contribution in [3.05, 3.63) is 75.8 Å². The first kappa shape index (κ1) is 18.3. The number of primary amides is 2. The number of rotatable bonds is 3. The first-order chi connectivity index (χ1) is 11.3. The number of amides is 4. The average Bonchev–Trinajstić information content (AvgIpc) is 2.54. The molecule has 124 valence electrons. The Bertz CT molecular complexity index is 749. The number of hydrogen-bond donors (Lipinski definition) is 3. The number of nitrogens with two attached hydrogens (primary N) is 2. The lowest BCUT2D eigenvalue weighted by Gasteiger charge is -2.01. The van der Waals surface area contributed by atoms with E-state index >= 15 is 0 Å². The Hall–Kier alpha value is -3.75. The van der Waals surface area contributed by atoms with Gasteiger partial charge in [-0.05, 0) is 6.07 Å². The summed E-state index contributed by atoms with van der Waals surface area (Å²) < 4.78 is 0. The molecule has 2 aromatic rings. The molecule has 0 aliphatic heterocycles. The van der Waals surface area contributed by atoms with Gasteiger partial charge in [0.2, 0.25) is 0 Å². The van der Waals surface area contributed by atoms with Gasteiger partial charge in [-0.1, -0.05) is 42.5 Å². The third kappa shape index (κ3) is 5.56. The summed E-state index contributed by atoms with van der Waals surface area (Å²) >= 11 is 0. The fourth-order valence-electron chi connectivity index (χ4n) is 1.69. The molecule has 0 saturated carbocycles. The zero-order valence-electron chi connectivity index (χ0n) is 12.3.